The van der Waals surface area contributed by atoms with Crippen LogP contribution >= 0.6 is 11.6 Å². The van der Waals surface area contributed by atoms with E-state index in [2.05, 4.69) is 33.1 Å². The van der Waals surface area contributed by atoms with E-state index < -0.39 is 0 Å². The van der Waals surface area contributed by atoms with Gasteiger partial charge in [0.25, 0.3) is 0 Å². The summed E-state index contributed by atoms with van der Waals surface area (Å²) in [5.74, 6) is 0.0316. The number of hydrogen-bond acceptors (Lipinski definition) is 4. The normalized spacial score (nSPS) is 15.2. The van der Waals surface area contributed by atoms with Crippen molar-refractivity contribution in [1.29, 1.82) is 0 Å². The van der Waals surface area contributed by atoms with E-state index in [1.54, 1.807) is 12.4 Å². The van der Waals surface area contributed by atoms with Crippen molar-refractivity contribution in [2.75, 3.05) is 42.9 Å². The van der Waals surface area contributed by atoms with Crippen LogP contribution in [0, 0.1) is 13.8 Å². The van der Waals surface area contributed by atoms with Crippen molar-refractivity contribution in [3.63, 3.8) is 0 Å². The Morgan fingerprint density at radius 2 is 1.96 bits per heavy atom. The lowest BCUT2D eigenvalue weighted by Gasteiger charge is -2.36. The molecule has 1 aromatic carbocycles. The van der Waals surface area contributed by atoms with E-state index in [-0.39, 0.29) is 5.91 Å². The molecule has 0 atom stereocenters. The highest BCUT2D eigenvalue weighted by Crippen LogP contribution is 2.25. The number of halogens is 1. The van der Waals surface area contributed by atoms with Crippen molar-refractivity contribution in [3.8, 4) is 0 Å². The number of pyridine rings is 1. The Morgan fingerprint density at radius 3 is 2.68 bits per heavy atom. The van der Waals surface area contributed by atoms with E-state index in [1.807, 2.05) is 25.1 Å². The Morgan fingerprint density at radius 1 is 1.20 bits per heavy atom. The first-order valence-corrected chi connectivity index (χ1v) is 8.85. The Balaban J connectivity index is 1.53. The second-order valence-electron chi connectivity index (χ2n) is 6.39. The van der Waals surface area contributed by atoms with Crippen molar-refractivity contribution < 1.29 is 4.79 Å². The topological polar surface area (TPSA) is 48.5 Å². The van der Waals surface area contributed by atoms with E-state index in [0.29, 0.717) is 11.6 Å². The molecule has 0 bridgehead atoms. The summed E-state index contributed by atoms with van der Waals surface area (Å²) in [5, 5.41) is 3.70. The van der Waals surface area contributed by atoms with E-state index in [9.17, 15) is 4.79 Å². The fourth-order valence-electron chi connectivity index (χ4n) is 3.05. The van der Waals surface area contributed by atoms with Crippen LogP contribution in [0.25, 0.3) is 0 Å². The fourth-order valence-corrected chi connectivity index (χ4v) is 3.29. The highest BCUT2D eigenvalue weighted by Gasteiger charge is 2.20. The average Bonchev–Trinajstić information content (AvgIpc) is 2.60. The summed E-state index contributed by atoms with van der Waals surface area (Å²) >= 11 is 6.21. The Labute approximate surface area is 153 Å². The molecule has 1 aromatic heterocycles. The Bertz CT molecular complexity index is 757. The minimum absolute atomic E-state index is 0.0316. The van der Waals surface area contributed by atoms with E-state index in [4.69, 9.17) is 11.6 Å². The molecule has 2 aromatic rings. The maximum Gasteiger partial charge on any atom is 0.238 e. The molecular weight excluding hydrogens is 336 g/mol. The molecule has 1 saturated heterocycles. The summed E-state index contributed by atoms with van der Waals surface area (Å²) in [6.07, 6.45) is 3.42. The highest BCUT2D eigenvalue weighted by molar-refractivity contribution is 6.33. The predicted octanol–water partition coefficient (Wildman–Crippen LogP) is 3.11. The molecule has 2 heterocycles. The third-order valence-electron chi connectivity index (χ3n) is 4.71. The van der Waals surface area contributed by atoms with Gasteiger partial charge in [-0.15, -0.1) is 0 Å². The number of nitrogens with one attached hydrogen (secondary N) is 1. The molecule has 25 heavy (non-hydrogen) atoms. The van der Waals surface area contributed by atoms with Gasteiger partial charge in [0, 0.05) is 44.3 Å². The van der Waals surface area contributed by atoms with Crippen LogP contribution in [-0.4, -0.2) is 48.5 Å². The second-order valence-corrected chi connectivity index (χ2v) is 6.79. The third kappa shape index (κ3) is 4.30. The van der Waals surface area contributed by atoms with Gasteiger partial charge < -0.3 is 10.2 Å². The van der Waals surface area contributed by atoms with Gasteiger partial charge in [-0.1, -0.05) is 23.7 Å². The zero-order valence-corrected chi connectivity index (χ0v) is 15.4. The van der Waals surface area contributed by atoms with Crippen LogP contribution in [0.15, 0.2) is 36.7 Å². The number of carbonyl (C=O) groups excluding carboxylic acids is 1. The number of rotatable bonds is 4. The number of benzene rings is 1. The van der Waals surface area contributed by atoms with Crippen molar-refractivity contribution in [2.45, 2.75) is 13.8 Å². The van der Waals surface area contributed by atoms with Gasteiger partial charge in [0.1, 0.15) is 0 Å². The standard InChI is InChI=1S/C19H23ClN4O/c1-14-4-3-5-17(15(14)2)22-19(25)13-23-8-10-24(11-9-23)18-6-7-21-12-16(18)20/h3-7,12H,8-11,13H2,1-2H3,(H,22,25). The van der Waals surface area contributed by atoms with Crippen LogP contribution in [0.1, 0.15) is 11.1 Å². The molecule has 0 unspecified atom stereocenters. The number of nitrogens with zero attached hydrogens (tertiary/aromatic N) is 3. The van der Waals surface area contributed by atoms with Gasteiger partial charge in [0.2, 0.25) is 5.91 Å². The number of hydrogen-bond donors (Lipinski definition) is 1. The van der Waals surface area contributed by atoms with Crippen molar-refractivity contribution in [3.05, 3.63) is 52.8 Å². The first kappa shape index (κ1) is 17.7. The largest absolute Gasteiger partial charge is 0.368 e. The van der Waals surface area contributed by atoms with Gasteiger partial charge >= 0.3 is 0 Å². The molecule has 5 nitrogen and oxygen atoms in total. The summed E-state index contributed by atoms with van der Waals surface area (Å²) < 4.78 is 0. The SMILES string of the molecule is Cc1cccc(NC(=O)CN2CCN(c3ccncc3Cl)CC2)c1C. The lowest BCUT2D eigenvalue weighted by Crippen LogP contribution is -2.48. The summed E-state index contributed by atoms with van der Waals surface area (Å²) in [6, 6.07) is 7.90. The molecule has 3 rings (SSSR count). The first-order valence-electron chi connectivity index (χ1n) is 8.47. The number of anilines is 2. The van der Waals surface area contributed by atoms with Crippen LogP contribution in [0.2, 0.25) is 5.02 Å². The van der Waals surface area contributed by atoms with Crippen molar-refractivity contribution in [2.24, 2.45) is 0 Å². The molecular formula is C19H23ClN4O. The molecule has 1 N–H and O–H groups in total. The number of amides is 1. The monoisotopic (exact) mass is 358 g/mol. The molecule has 0 aliphatic carbocycles. The zero-order valence-electron chi connectivity index (χ0n) is 14.6. The lowest BCUT2D eigenvalue weighted by molar-refractivity contribution is -0.117. The number of aryl methyl sites for hydroxylation is 1. The van der Waals surface area contributed by atoms with E-state index in [0.717, 1.165) is 43.1 Å². The summed E-state index contributed by atoms with van der Waals surface area (Å²) in [5.41, 5.74) is 4.21. The molecule has 6 heteroatoms. The summed E-state index contributed by atoms with van der Waals surface area (Å²) in [4.78, 5) is 20.8. The second kappa shape index (κ2) is 7.85. The summed E-state index contributed by atoms with van der Waals surface area (Å²) in [7, 11) is 0. The smallest absolute Gasteiger partial charge is 0.238 e. The molecule has 0 spiro atoms. The van der Waals surface area contributed by atoms with Crippen molar-refractivity contribution >= 4 is 28.9 Å². The highest BCUT2D eigenvalue weighted by atomic mass is 35.5. The van der Waals surface area contributed by atoms with E-state index >= 15 is 0 Å². The minimum atomic E-state index is 0.0316. The third-order valence-corrected chi connectivity index (χ3v) is 5.00. The van der Waals surface area contributed by atoms with Crippen LogP contribution in [0.3, 0.4) is 0 Å². The molecule has 0 saturated carbocycles. The number of carbonyl (C=O) groups is 1. The molecule has 1 amide bonds. The van der Waals surface area contributed by atoms with Gasteiger partial charge in [-0.2, -0.15) is 0 Å². The maximum absolute atomic E-state index is 12.4. The molecule has 0 radical (unpaired) electrons. The average molecular weight is 359 g/mol. The van der Waals surface area contributed by atoms with E-state index in [1.165, 1.54) is 5.56 Å². The van der Waals surface area contributed by atoms with Gasteiger partial charge in [-0.3, -0.25) is 14.7 Å². The van der Waals surface area contributed by atoms with Gasteiger partial charge in [0.05, 0.1) is 17.3 Å². The van der Waals surface area contributed by atoms with Crippen molar-refractivity contribution in [1.82, 2.24) is 9.88 Å². The number of aromatic nitrogens is 1. The van der Waals surface area contributed by atoms with Crippen LogP contribution in [0.4, 0.5) is 11.4 Å². The van der Waals surface area contributed by atoms with Gasteiger partial charge in [0.15, 0.2) is 0 Å². The number of piperazine rings is 1. The van der Waals surface area contributed by atoms with Crippen LogP contribution in [0.5, 0.6) is 0 Å². The van der Waals surface area contributed by atoms with Crippen LogP contribution < -0.4 is 10.2 Å². The zero-order chi connectivity index (χ0) is 17.8. The Hall–Kier alpha value is -2.11. The minimum Gasteiger partial charge on any atom is -0.368 e. The molecule has 1 aliphatic rings. The lowest BCUT2D eigenvalue weighted by atomic mass is 10.1. The van der Waals surface area contributed by atoms with Gasteiger partial charge in [-0.05, 0) is 37.1 Å². The quantitative estimate of drug-likeness (QED) is 0.912. The fraction of sp³-hybridized carbons (Fsp3) is 0.368. The molecule has 132 valence electrons. The summed E-state index contributed by atoms with van der Waals surface area (Å²) in [6.45, 7) is 7.85. The molecule has 1 fully saturated rings. The predicted molar refractivity (Wildman–Crippen MR) is 102 cm³/mol. The van der Waals surface area contributed by atoms with Gasteiger partial charge in [-0.25, -0.2) is 0 Å². The van der Waals surface area contributed by atoms with Crippen LogP contribution in [-0.2, 0) is 4.79 Å². The molecule has 1 aliphatic heterocycles. The first-order chi connectivity index (χ1) is 12.0. The maximum atomic E-state index is 12.4. The Kier molecular flexibility index (Phi) is 5.56.